The normalized spacial score (nSPS) is 19.6. The minimum Gasteiger partial charge on any atom is -0.314 e. The molecule has 1 fully saturated rings. The Hall–Kier alpha value is -0.930. The van der Waals surface area contributed by atoms with Crippen LogP contribution in [-0.4, -0.2) is 31.1 Å². The van der Waals surface area contributed by atoms with E-state index in [1.165, 1.54) is 6.07 Å². The summed E-state index contributed by atoms with van der Waals surface area (Å²) in [5.41, 5.74) is 1.10. The summed E-state index contributed by atoms with van der Waals surface area (Å²) in [5.74, 6) is -0.133. The fourth-order valence-corrected chi connectivity index (χ4v) is 2.41. The summed E-state index contributed by atoms with van der Waals surface area (Å²) in [6.45, 7) is 6.33. The van der Waals surface area contributed by atoms with Crippen LogP contribution in [-0.2, 0) is 0 Å². The number of hydrogen-bond acceptors (Lipinski definition) is 2. The zero-order chi connectivity index (χ0) is 11.4. The molecule has 0 bridgehead atoms. The Balaban J connectivity index is 2.14. The third kappa shape index (κ3) is 2.60. The average molecular weight is 222 g/mol. The minimum absolute atomic E-state index is 0.133. The molecule has 1 aromatic rings. The number of rotatable bonds is 3. The SMILES string of the molecule is CC[C@@H](c1cccc(F)c1)N1CCNCC1. The lowest BCUT2D eigenvalue weighted by molar-refractivity contribution is 0.169. The molecule has 16 heavy (non-hydrogen) atoms. The van der Waals surface area contributed by atoms with E-state index in [2.05, 4.69) is 17.1 Å². The quantitative estimate of drug-likeness (QED) is 0.843. The van der Waals surface area contributed by atoms with Crippen molar-refractivity contribution < 1.29 is 4.39 Å². The standard InChI is InChI=1S/C13H19FN2/c1-2-13(16-8-6-15-7-9-16)11-4-3-5-12(14)10-11/h3-5,10,13,15H,2,6-9H2,1H3/t13-/m0/s1. The second kappa shape index (κ2) is 5.41. The molecule has 1 aliphatic heterocycles. The lowest BCUT2D eigenvalue weighted by Gasteiger charge is -2.34. The van der Waals surface area contributed by atoms with Gasteiger partial charge in [-0.3, -0.25) is 4.90 Å². The summed E-state index contributed by atoms with van der Waals surface area (Å²) >= 11 is 0. The van der Waals surface area contributed by atoms with E-state index in [4.69, 9.17) is 0 Å². The predicted octanol–water partition coefficient (Wildman–Crippen LogP) is 2.18. The molecule has 1 heterocycles. The third-order valence-corrected chi connectivity index (χ3v) is 3.21. The highest BCUT2D eigenvalue weighted by Gasteiger charge is 2.20. The van der Waals surface area contributed by atoms with Crippen molar-refractivity contribution in [3.63, 3.8) is 0 Å². The average Bonchev–Trinajstić information content (AvgIpc) is 2.31. The van der Waals surface area contributed by atoms with Crippen LogP contribution >= 0.6 is 0 Å². The van der Waals surface area contributed by atoms with Crippen molar-refractivity contribution in [1.29, 1.82) is 0 Å². The smallest absolute Gasteiger partial charge is 0.123 e. The fraction of sp³-hybridized carbons (Fsp3) is 0.538. The van der Waals surface area contributed by atoms with Gasteiger partial charge < -0.3 is 5.32 Å². The van der Waals surface area contributed by atoms with Gasteiger partial charge in [-0.1, -0.05) is 19.1 Å². The first kappa shape index (κ1) is 11.6. The molecule has 1 saturated heterocycles. The number of nitrogens with zero attached hydrogens (tertiary/aromatic N) is 1. The molecule has 1 aliphatic rings. The molecule has 88 valence electrons. The van der Waals surface area contributed by atoms with Gasteiger partial charge in [0.05, 0.1) is 0 Å². The number of piperazine rings is 1. The molecule has 2 nitrogen and oxygen atoms in total. The maximum Gasteiger partial charge on any atom is 0.123 e. The molecule has 0 unspecified atom stereocenters. The van der Waals surface area contributed by atoms with Crippen LogP contribution in [0.25, 0.3) is 0 Å². The predicted molar refractivity (Wildman–Crippen MR) is 63.9 cm³/mol. The Labute approximate surface area is 96.5 Å². The van der Waals surface area contributed by atoms with Crippen LogP contribution in [0.4, 0.5) is 4.39 Å². The molecule has 1 N–H and O–H groups in total. The van der Waals surface area contributed by atoms with Gasteiger partial charge in [0.2, 0.25) is 0 Å². The maximum absolute atomic E-state index is 13.2. The molecule has 0 saturated carbocycles. The van der Waals surface area contributed by atoms with Crippen LogP contribution in [0.1, 0.15) is 24.9 Å². The van der Waals surface area contributed by atoms with Crippen LogP contribution < -0.4 is 5.32 Å². The molecule has 1 aromatic carbocycles. The highest BCUT2D eigenvalue weighted by molar-refractivity contribution is 5.20. The number of nitrogens with one attached hydrogen (secondary N) is 1. The first-order chi connectivity index (χ1) is 7.81. The van der Waals surface area contributed by atoms with Crippen molar-refractivity contribution in [1.82, 2.24) is 10.2 Å². The van der Waals surface area contributed by atoms with Gasteiger partial charge >= 0.3 is 0 Å². The van der Waals surface area contributed by atoms with E-state index in [0.29, 0.717) is 6.04 Å². The number of halogens is 1. The van der Waals surface area contributed by atoms with Crippen LogP contribution in [0.15, 0.2) is 24.3 Å². The molecule has 3 heteroatoms. The summed E-state index contributed by atoms with van der Waals surface area (Å²) in [6, 6.07) is 7.36. The second-order valence-corrected chi connectivity index (χ2v) is 4.27. The Morgan fingerprint density at radius 1 is 1.38 bits per heavy atom. The number of benzene rings is 1. The molecule has 0 aromatic heterocycles. The largest absolute Gasteiger partial charge is 0.314 e. The monoisotopic (exact) mass is 222 g/mol. The summed E-state index contributed by atoms with van der Waals surface area (Å²) in [6.07, 6.45) is 1.03. The molecule has 0 amide bonds. The Kier molecular flexibility index (Phi) is 3.91. The lowest BCUT2D eigenvalue weighted by atomic mass is 10.0. The highest BCUT2D eigenvalue weighted by atomic mass is 19.1. The van der Waals surface area contributed by atoms with Crippen molar-refractivity contribution in [3.05, 3.63) is 35.6 Å². The van der Waals surface area contributed by atoms with E-state index in [9.17, 15) is 4.39 Å². The van der Waals surface area contributed by atoms with Gasteiger partial charge in [0.25, 0.3) is 0 Å². The first-order valence-electron chi connectivity index (χ1n) is 6.01. The molecule has 0 aliphatic carbocycles. The van der Waals surface area contributed by atoms with E-state index in [0.717, 1.165) is 38.2 Å². The molecule has 0 spiro atoms. The second-order valence-electron chi connectivity index (χ2n) is 4.27. The van der Waals surface area contributed by atoms with Crippen molar-refractivity contribution >= 4 is 0 Å². The van der Waals surface area contributed by atoms with Gasteiger partial charge in [-0.15, -0.1) is 0 Å². The van der Waals surface area contributed by atoms with Gasteiger partial charge in [0, 0.05) is 32.2 Å². The van der Waals surface area contributed by atoms with Gasteiger partial charge in [0.1, 0.15) is 5.82 Å². The van der Waals surface area contributed by atoms with E-state index < -0.39 is 0 Å². The van der Waals surface area contributed by atoms with Crippen LogP contribution in [0, 0.1) is 5.82 Å². The highest BCUT2D eigenvalue weighted by Crippen LogP contribution is 2.24. The zero-order valence-electron chi connectivity index (χ0n) is 9.75. The van der Waals surface area contributed by atoms with Gasteiger partial charge in [-0.25, -0.2) is 4.39 Å². The molecular formula is C13H19FN2. The summed E-state index contributed by atoms with van der Waals surface area (Å²) in [7, 11) is 0. The maximum atomic E-state index is 13.2. The van der Waals surface area contributed by atoms with E-state index in [1.54, 1.807) is 12.1 Å². The Bertz CT molecular complexity index is 334. The van der Waals surface area contributed by atoms with Crippen molar-refractivity contribution in [2.24, 2.45) is 0 Å². The first-order valence-corrected chi connectivity index (χ1v) is 6.01. The summed E-state index contributed by atoms with van der Waals surface area (Å²) in [4.78, 5) is 2.44. The minimum atomic E-state index is -0.133. The zero-order valence-corrected chi connectivity index (χ0v) is 9.75. The number of hydrogen-bond donors (Lipinski definition) is 1. The van der Waals surface area contributed by atoms with Crippen molar-refractivity contribution in [2.45, 2.75) is 19.4 Å². The van der Waals surface area contributed by atoms with Crippen LogP contribution in [0.3, 0.4) is 0 Å². The lowest BCUT2D eigenvalue weighted by Crippen LogP contribution is -2.45. The molecule has 2 rings (SSSR count). The Morgan fingerprint density at radius 2 is 2.12 bits per heavy atom. The van der Waals surface area contributed by atoms with E-state index >= 15 is 0 Å². The van der Waals surface area contributed by atoms with Crippen LogP contribution in [0.5, 0.6) is 0 Å². The summed E-state index contributed by atoms with van der Waals surface area (Å²) < 4.78 is 13.2. The van der Waals surface area contributed by atoms with Gasteiger partial charge in [0.15, 0.2) is 0 Å². The fourth-order valence-electron chi connectivity index (χ4n) is 2.41. The molecule has 0 radical (unpaired) electrons. The van der Waals surface area contributed by atoms with Gasteiger partial charge in [-0.2, -0.15) is 0 Å². The van der Waals surface area contributed by atoms with E-state index in [-0.39, 0.29) is 5.82 Å². The van der Waals surface area contributed by atoms with Crippen molar-refractivity contribution in [3.8, 4) is 0 Å². The topological polar surface area (TPSA) is 15.3 Å². The van der Waals surface area contributed by atoms with Gasteiger partial charge in [-0.05, 0) is 24.1 Å². The summed E-state index contributed by atoms with van der Waals surface area (Å²) in [5, 5.41) is 3.34. The molecular weight excluding hydrogens is 203 g/mol. The van der Waals surface area contributed by atoms with Crippen molar-refractivity contribution in [2.75, 3.05) is 26.2 Å². The molecule has 1 atom stereocenters. The van der Waals surface area contributed by atoms with E-state index in [1.807, 2.05) is 6.07 Å². The third-order valence-electron chi connectivity index (χ3n) is 3.21. The Morgan fingerprint density at radius 3 is 2.75 bits per heavy atom. The van der Waals surface area contributed by atoms with Crippen LogP contribution in [0.2, 0.25) is 0 Å².